The van der Waals surface area contributed by atoms with Gasteiger partial charge in [0.1, 0.15) is 5.82 Å². The number of hydrogen-bond donors (Lipinski definition) is 1. The topological polar surface area (TPSA) is 111 Å². The first-order valence-electron chi connectivity index (χ1n) is 7.28. The quantitative estimate of drug-likeness (QED) is 0.399. The minimum Gasteiger partial charge on any atom is -0.411 e. The molecule has 3 aromatic rings. The van der Waals surface area contributed by atoms with Gasteiger partial charge < -0.3 is 9.73 Å². The van der Waals surface area contributed by atoms with Gasteiger partial charge in [-0.2, -0.15) is 0 Å². The molecule has 1 heterocycles. The molecule has 2 aromatic carbocycles. The summed E-state index contributed by atoms with van der Waals surface area (Å²) in [5.74, 6) is -0.928. The number of nitro benzene ring substituents is 1. The molecular weight excluding hydrogens is 363 g/mol. The number of thioether (sulfide) groups is 1. The number of nitro groups is 1. The number of nitrogens with one attached hydrogen (secondary N) is 1. The molecular formula is C16H11FN4O4S. The van der Waals surface area contributed by atoms with Crippen LogP contribution >= 0.6 is 11.8 Å². The highest BCUT2D eigenvalue weighted by molar-refractivity contribution is 7.99. The molecule has 0 aliphatic heterocycles. The van der Waals surface area contributed by atoms with Crippen molar-refractivity contribution in [2.45, 2.75) is 5.22 Å². The van der Waals surface area contributed by atoms with Crippen LogP contribution in [0.25, 0.3) is 11.5 Å². The van der Waals surface area contributed by atoms with Crippen molar-refractivity contribution < 1.29 is 18.5 Å². The number of rotatable bonds is 6. The Morgan fingerprint density at radius 2 is 2.04 bits per heavy atom. The van der Waals surface area contributed by atoms with Crippen LogP contribution < -0.4 is 5.32 Å². The molecule has 0 spiro atoms. The van der Waals surface area contributed by atoms with Crippen LogP contribution in [0.5, 0.6) is 0 Å². The Kier molecular flexibility index (Phi) is 5.23. The van der Waals surface area contributed by atoms with E-state index in [1.807, 2.05) is 0 Å². The number of amides is 1. The molecule has 0 saturated heterocycles. The van der Waals surface area contributed by atoms with Crippen LogP contribution in [0.4, 0.5) is 15.8 Å². The minimum absolute atomic E-state index is 0.0646. The largest absolute Gasteiger partial charge is 0.411 e. The van der Waals surface area contributed by atoms with Gasteiger partial charge in [-0.05, 0) is 18.2 Å². The number of anilines is 1. The van der Waals surface area contributed by atoms with Gasteiger partial charge in [-0.25, -0.2) is 4.39 Å². The van der Waals surface area contributed by atoms with Crippen molar-refractivity contribution in [3.05, 3.63) is 64.5 Å². The van der Waals surface area contributed by atoms with Gasteiger partial charge in [0.25, 0.3) is 10.9 Å². The molecule has 0 unspecified atom stereocenters. The SMILES string of the molecule is O=C(CSc1nnc(-c2cccc([N+](=O)[O-])c2)o1)Nc1ccccc1F. The van der Waals surface area contributed by atoms with E-state index in [9.17, 15) is 19.3 Å². The zero-order valence-corrected chi connectivity index (χ0v) is 13.9. The Balaban J connectivity index is 1.62. The highest BCUT2D eigenvalue weighted by atomic mass is 32.2. The van der Waals surface area contributed by atoms with Crippen LogP contribution in [0.2, 0.25) is 0 Å². The third kappa shape index (κ3) is 4.22. The molecule has 10 heteroatoms. The average molecular weight is 374 g/mol. The molecule has 0 atom stereocenters. The van der Waals surface area contributed by atoms with Crippen molar-refractivity contribution in [1.82, 2.24) is 10.2 Å². The lowest BCUT2D eigenvalue weighted by Gasteiger charge is -2.04. The number of hydrogen-bond acceptors (Lipinski definition) is 7. The van der Waals surface area contributed by atoms with E-state index in [-0.39, 0.29) is 28.2 Å². The highest BCUT2D eigenvalue weighted by Crippen LogP contribution is 2.26. The Morgan fingerprint density at radius 1 is 1.23 bits per heavy atom. The lowest BCUT2D eigenvalue weighted by molar-refractivity contribution is -0.384. The van der Waals surface area contributed by atoms with Gasteiger partial charge >= 0.3 is 0 Å². The number of carbonyl (C=O) groups excluding carboxylic acids is 1. The van der Waals surface area contributed by atoms with Gasteiger partial charge in [-0.15, -0.1) is 10.2 Å². The fourth-order valence-corrected chi connectivity index (χ4v) is 2.58. The first-order chi connectivity index (χ1) is 12.5. The molecule has 0 bridgehead atoms. The maximum Gasteiger partial charge on any atom is 0.277 e. The maximum absolute atomic E-state index is 13.5. The van der Waals surface area contributed by atoms with Gasteiger partial charge in [0, 0.05) is 17.7 Å². The van der Waals surface area contributed by atoms with E-state index in [1.165, 1.54) is 36.4 Å². The third-order valence-electron chi connectivity index (χ3n) is 3.19. The number of halogens is 1. The number of non-ortho nitro benzene ring substituents is 1. The lowest BCUT2D eigenvalue weighted by Crippen LogP contribution is -2.14. The van der Waals surface area contributed by atoms with Gasteiger partial charge in [0.2, 0.25) is 11.8 Å². The monoisotopic (exact) mass is 374 g/mol. The smallest absolute Gasteiger partial charge is 0.277 e. The van der Waals surface area contributed by atoms with E-state index in [2.05, 4.69) is 15.5 Å². The number of nitrogens with zero attached hydrogens (tertiary/aromatic N) is 3. The summed E-state index contributed by atoms with van der Waals surface area (Å²) >= 11 is 0.971. The predicted octanol–water partition coefficient (Wildman–Crippen LogP) is 3.51. The third-order valence-corrected chi connectivity index (χ3v) is 4.00. The van der Waals surface area contributed by atoms with Crippen LogP contribution in [0.1, 0.15) is 0 Å². The average Bonchev–Trinajstić information content (AvgIpc) is 3.11. The van der Waals surface area contributed by atoms with Crippen LogP contribution in [-0.4, -0.2) is 26.8 Å². The Labute approximate surface area is 150 Å². The summed E-state index contributed by atoms with van der Waals surface area (Å²) in [5, 5.41) is 21.0. The fraction of sp³-hybridized carbons (Fsp3) is 0.0625. The molecule has 0 radical (unpaired) electrons. The number of carbonyl (C=O) groups is 1. The summed E-state index contributed by atoms with van der Waals surface area (Å²) in [6.07, 6.45) is 0. The van der Waals surface area contributed by atoms with Crippen molar-refractivity contribution >= 4 is 29.0 Å². The maximum atomic E-state index is 13.5. The minimum atomic E-state index is -0.531. The molecule has 1 amide bonds. The highest BCUT2D eigenvalue weighted by Gasteiger charge is 2.14. The van der Waals surface area contributed by atoms with Crippen LogP contribution in [0.15, 0.2) is 58.2 Å². The summed E-state index contributed by atoms with van der Waals surface area (Å²) in [5.41, 5.74) is 0.384. The van der Waals surface area contributed by atoms with Crippen molar-refractivity contribution in [2.75, 3.05) is 11.1 Å². The number of para-hydroxylation sites is 1. The van der Waals surface area contributed by atoms with E-state index >= 15 is 0 Å². The van der Waals surface area contributed by atoms with Crippen molar-refractivity contribution in [3.63, 3.8) is 0 Å². The molecule has 26 heavy (non-hydrogen) atoms. The summed E-state index contributed by atoms with van der Waals surface area (Å²) < 4.78 is 18.9. The van der Waals surface area contributed by atoms with Gasteiger partial charge in [-0.1, -0.05) is 30.0 Å². The number of aromatic nitrogens is 2. The lowest BCUT2D eigenvalue weighted by atomic mass is 10.2. The van der Waals surface area contributed by atoms with E-state index in [0.29, 0.717) is 5.56 Å². The molecule has 3 rings (SSSR count). The first kappa shape index (κ1) is 17.5. The second-order valence-electron chi connectivity index (χ2n) is 5.00. The normalized spacial score (nSPS) is 10.5. The summed E-state index contributed by atoms with van der Waals surface area (Å²) in [4.78, 5) is 22.2. The molecule has 0 aliphatic rings. The molecule has 1 aromatic heterocycles. The van der Waals surface area contributed by atoms with Gasteiger partial charge in [-0.3, -0.25) is 14.9 Å². The molecule has 1 N–H and O–H groups in total. The first-order valence-corrected chi connectivity index (χ1v) is 8.27. The van der Waals surface area contributed by atoms with Crippen LogP contribution in [0, 0.1) is 15.9 Å². The number of benzene rings is 2. The fourth-order valence-electron chi connectivity index (χ4n) is 2.01. The zero-order chi connectivity index (χ0) is 18.5. The molecule has 132 valence electrons. The molecule has 0 aliphatic carbocycles. The van der Waals surface area contributed by atoms with Crippen LogP contribution in [-0.2, 0) is 4.79 Å². The van der Waals surface area contributed by atoms with Gasteiger partial charge in [0.05, 0.1) is 16.4 Å². The Bertz CT molecular complexity index is 963. The summed E-state index contributed by atoms with van der Waals surface area (Å²) in [6.45, 7) is 0. The molecule has 0 saturated carbocycles. The summed E-state index contributed by atoms with van der Waals surface area (Å²) in [7, 11) is 0. The van der Waals surface area contributed by atoms with E-state index in [4.69, 9.17) is 4.42 Å². The van der Waals surface area contributed by atoms with Crippen molar-refractivity contribution in [1.29, 1.82) is 0 Å². The Hall–Kier alpha value is -3.27. The predicted molar refractivity (Wildman–Crippen MR) is 92.1 cm³/mol. The standard InChI is InChI=1S/C16H11FN4O4S/c17-12-6-1-2-7-13(12)18-14(22)9-26-16-20-19-15(25-16)10-4-3-5-11(8-10)21(23)24/h1-8H,9H2,(H,18,22). The second-order valence-corrected chi connectivity index (χ2v) is 5.92. The van der Waals surface area contributed by atoms with E-state index in [0.717, 1.165) is 11.8 Å². The summed E-state index contributed by atoms with van der Waals surface area (Å²) in [6, 6.07) is 11.6. The zero-order valence-electron chi connectivity index (χ0n) is 13.1. The molecule has 8 nitrogen and oxygen atoms in total. The van der Waals surface area contributed by atoms with Crippen LogP contribution in [0.3, 0.4) is 0 Å². The van der Waals surface area contributed by atoms with Crippen molar-refractivity contribution in [3.8, 4) is 11.5 Å². The Morgan fingerprint density at radius 3 is 2.81 bits per heavy atom. The second kappa shape index (κ2) is 7.74. The van der Waals surface area contributed by atoms with Crippen molar-refractivity contribution in [2.24, 2.45) is 0 Å². The van der Waals surface area contributed by atoms with E-state index in [1.54, 1.807) is 12.1 Å². The van der Waals surface area contributed by atoms with Gasteiger partial charge in [0.15, 0.2) is 0 Å². The molecule has 0 fully saturated rings. The van der Waals surface area contributed by atoms with E-state index < -0.39 is 16.6 Å².